The normalized spacial score (nSPS) is 33.2. The van der Waals surface area contributed by atoms with Crippen LogP contribution in [0.3, 0.4) is 0 Å². The first-order valence-electron chi connectivity index (χ1n) is 5.23. The third kappa shape index (κ3) is 2.20. The van der Waals surface area contributed by atoms with Gasteiger partial charge in [0.05, 0.1) is 12.7 Å². The molecule has 0 spiro atoms. The van der Waals surface area contributed by atoms with Crippen LogP contribution in [0.1, 0.15) is 38.5 Å². The van der Waals surface area contributed by atoms with Gasteiger partial charge in [-0.15, -0.1) is 0 Å². The average molecular weight is 169 g/mol. The van der Waals surface area contributed by atoms with Crippen molar-refractivity contribution in [2.24, 2.45) is 11.7 Å². The summed E-state index contributed by atoms with van der Waals surface area (Å²) in [7, 11) is 0. The quantitative estimate of drug-likeness (QED) is 0.653. The van der Waals surface area contributed by atoms with Crippen molar-refractivity contribution in [3.63, 3.8) is 0 Å². The van der Waals surface area contributed by atoms with E-state index in [9.17, 15) is 0 Å². The maximum Gasteiger partial charge on any atom is 0.0960 e. The van der Waals surface area contributed by atoms with E-state index in [4.69, 9.17) is 10.5 Å². The first-order valence-corrected chi connectivity index (χ1v) is 5.23. The third-order valence-electron chi connectivity index (χ3n) is 3.17. The number of hydrogen-bond acceptors (Lipinski definition) is 2. The van der Waals surface area contributed by atoms with Crippen LogP contribution in [0.4, 0.5) is 0 Å². The molecule has 1 heterocycles. The summed E-state index contributed by atoms with van der Waals surface area (Å²) in [4.78, 5) is 0. The molecule has 0 aromatic rings. The fourth-order valence-corrected chi connectivity index (χ4v) is 2.26. The Hall–Kier alpha value is -0.0800. The molecule has 1 saturated carbocycles. The van der Waals surface area contributed by atoms with Gasteiger partial charge in [-0.3, -0.25) is 0 Å². The highest BCUT2D eigenvalue weighted by Crippen LogP contribution is 2.29. The summed E-state index contributed by atoms with van der Waals surface area (Å²) >= 11 is 0. The van der Waals surface area contributed by atoms with E-state index in [0.29, 0.717) is 12.1 Å². The number of epoxide rings is 1. The van der Waals surface area contributed by atoms with E-state index < -0.39 is 0 Å². The lowest BCUT2D eigenvalue weighted by atomic mass is 9.84. The van der Waals surface area contributed by atoms with Crippen LogP contribution in [0.5, 0.6) is 0 Å². The SMILES string of the molecule is NC(CC1CCCCC1)C1CO1. The van der Waals surface area contributed by atoms with Gasteiger partial charge in [0, 0.05) is 6.04 Å². The largest absolute Gasteiger partial charge is 0.371 e. The van der Waals surface area contributed by atoms with E-state index in [1.807, 2.05) is 0 Å². The van der Waals surface area contributed by atoms with Gasteiger partial charge in [-0.2, -0.15) is 0 Å². The Morgan fingerprint density at radius 2 is 1.92 bits per heavy atom. The molecular formula is C10H19NO. The minimum atomic E-state index is 0.327. The van der Waals surface area contributed by atoms with Gasteiger partial charge in [-0.05, 0) is 12.3 Å². The third-order valence-corrected chi connectivity index (χ3v) is 3.17. The fraction of sp³-hybridized carbons (Fsp3) is 1.00. The Morgan fingerprint density at radius 3 is 2.50 bits per heavy atom. The molecule has 2 fully saturated rings. The molecule has 0 aromatic carbocycles. The van der Waals surface area contributed by atoms with Gasteiger partial charge in [0.1, 0.15) is 0 Å². The molecule has 1 aliphatic heterocycles. The molecule has 2 atom stereocenters. The Balaban J connectivity index is 1.69. The molecule has 12 heavy (non-hydrogen) atoms. The van der Waals surface area contributed by atoms with Gasteiger partial charge < -0.3 is 10.5 Å². The number of rotatable bonds is 3. The number of hydrogen-bond donors (Lipinski definition) is 1. The van der Waals surface area contributed by atoms with Crippen molar-refractivity contribution in [2.45, 2.75) is 50.7 Å². The highest BCUT2D eigenvalue weighted by atomic mass is 16.6. The standard InChI is InChI=1S/C10H19NO/c11-9(10-7-12-10)6-8-4-2-1-3-5-8/h8-10H,1-7,11H2. The molecule has 2 rings (SSSR count). The van der Waals surface area contributed by atoms with E-state index in [2.05, 4.69) is 0 Å². The Labute approximate surface area is 74.5 Å². The van der Waals surface area contributed by atoms with Gasteiger partial charge in [0.25, 0.3) is 0 Å². The van der Waals surface area contributed by atoms with Gasteiger partial charge in [-0.25, -0.2) is 0 Å². The zero-order valence-corrected chi connectivity index (χ0v) is 7.67. The topological polar surface area (TPSA) is 38.5 Å². The maximum atomic E-state index is 5.98. The molecule has 2 heteroatoms. The van der Waals surface area contributed by atoms with Crippen LogP contribution in [-0.4, -0.2) is 18.8 Å². The molecule has 2 aliphatic rings. The Morgan fingerprint density at radius 1 is 1.25 bits per heavy atom. The van der Waals surface area contributed by atoms with Crippen LogP contribution < -0.4 is 5.73 Å². The predicted octanol–water partition coefficient (Wildman–Crippen LogP) is 1.68. The summed E-state index contributed by atoms with van der Waals surface area (Å²) in [5.74, 6) is 0.901. The molecule has 2 nitrogen and oxygen atoms in total. The second kappa shape index (κ2) is 3.75. The van der Waals surface area contributed by atoms with Crippen molar-refractivity contribution in [3.05, 3.63) is 0 Å². The highest BCUT2D eigenvalue weighted by Gasteiger charge is 2.31. The van der Waals surface area contributed by atoms with Gasteiger partial charge >= 0.3 is 0 Å². The van der Waals surface area contributed by atoms with Gasteiger partial charge in [0.15, 0.2) is 0 Å². The second-order valence-corrected chi connectivity index (χ2v) is 4.28. The zero-order chi connectivity index (χ0) is 8.39. The molecule has 2 unspecified atom stereocenters. The Kier molecular flexibility index (Phi) is 2.66. The second-order valence-electron chi connectivity index (χ2n) is 4.28. The Bertz CT molecular complexity index is 139. The first-order chi connectivity index (χ1) is 5.86. The van der Waals surface area contributed by atoms with Crippen molar-refractivity contribution < 1.29 is 4.74 Å². The van der Waals surface area contributed by atoms with E-state index in [1.165, 1.54) is 38.5 Å². The smallest absolute Gasteiger partial charge is 0.0960 e. The molecular weight excluding hydrogens is 150 g/mol. The van der Waals surface area contributed by atoms with Crippen LogP contribution >= 0.6 is 0 Å². The van der Waals surface area contributed by atoms with Crippen molar-refractivity contribution in [3.8, 4) is 0 Å². The molecule has 0 radical (unpaired) electrons. The lowest BCUT2D eigenvalue weighted by molar-refractivity contribution is 0.285. The molecule has 1 saturated heterocycles. The molecule has 2 N–H and O–H groups in total. The van der Waals surface area contributed by atoms with E-state index in [-0.39, 0.29) is 0 Å². The number of ether oxygens (including phenoxy) is 1. The molecule has 0 bridgehead atoms. The first kappa shape index (κ1) is 8.52. The van der Waals surface area contributed by atoms with Crippen LogP contribution in [0, 0.1) is 5.92 Å². The monoisotopic (exact) mass is 169 g/mol. The molecule has 70 valence electrons. The van der Waals surface area contributed by atoms with Gasteiger partial charge in [-0.1, -0.05) is 32.1 Å². The summed E-state index contributed by atoms with van der Waals surface area (Å²) < 4.78 is 5.19. The molecule has 0 aromatic heterocycles. The summed E-state index contributed by atoms with van der Waals surface area (Å²) in [6.45, 7) is 0.911. The van der Waals surface area contributed by atoms with Crippen molar-refractivity contribution >= 4 is 0 Å². The van der Waals surface area contributed by atoms with Gasteiger partial charge in [0.2, 0.25) is 0 Å². The lowest BCUT2D eigenvalue weighted by Crippen LogP contribution is -2.30. The minimum absolute atomic E-state index is 0.327. The summed E-state index contributed by atoms with van der Waals surface area (Å²) in [6.07, 6.45) is 8.69. The van der Waals surface area contributed by atoms with Crippen molar-refractivity contribution in [1.82, 2.24) is 0 Å². The number of nitrogens with two attached hydrogens (primary N) is 1. The van der Waals surface area contributed by atoms with Crippen molar-refractivity contribution in [2.75, 3.05) is 6.61 Å². The highest BCUT2D eigenvalue weighted by molar-refractivity contribution is 4.84. The average Bonchev–Trinajstić information content (AvgIpc) is 2.88. The predicted molar refractivity (Wildman–Crippen MR) is 48.9 cm³/mol. The van der Waals surface area contributed by atoms with E-state index in [1.54, 1.807) is 0 Å². The van der Waals surface area contributed by atoms with E-state index >= 15 is 0 Å². The summed E-state index contributed by atoms with van der Waals surface area (Å²) in [5.41, 5.74) is 5.98. The van der Waals surface area contributed by atoms with Crippen LogP contribution in [0.2, 0.25) is 0 Å². The van der Waals surface area contributed by atoms with E-state index in [0.717, 1.165) is 12.5 Å². The maximum absolute atomic E-state index is 5.98. The summed E-state index contributed by atoms with van der Waals surface area (Å²) in [5, 5.41) is 0. The van der Waals surface area contributed by atoms with Crippen LogP contribution in [0.15, 0.2) is 0 Å². The fourth-order valence-electron chi connectivity index (χ4n) is 2.26. The lowest BCUT2D eigenvalue weighted by Gasteiger charge is -2.23. The zero-order valence-electron chi connectivity index (χ0n) is 7.67. The van der Waals surface area contributed by atoms with Crippen molar-refractivity contribution in [1.29, 1.82) is 0 Å². The summed E-state index contributed by atoms with van der Waals surface area (Å²) in [6, 6.07) is 0.327. The minimum Gasteiger partial charge on any atom is -0.371 e. The molecule has 0 amide bonds. The van der Waals surface area contributed by atoms with Crippen LogP contribution in [-0.2, 0) is 4.74 Å². The van der Waals surface area contributed by atoms with Crippen LogP contribution in [0.25, 0.3) is 0 Å². The molecule has 1 aliphatic carbocycles.